The number of hydrogen-bond acceptors (Lipinski definition) is 7. The van der Waals surface area contributed by atoms with Gasteiger partial charge in [-0.25, -0.2) is 9.37 Å². The van der Waals surface area contributed by atoms with Crippen molar-refractivity contribution >= 4 is 33.3 Å². The Bertz CT molecular complexity index is 1270. The molecule has 0 saturated carbocycles. The number of nitrogens with zero attached hydrogens (tertiary/aromatic N) is 4. The second kappa shape index (κ2) is 9.92. The van der Waals surface area contributed by atoms with Crippen LogP contribution in [0.15, 0.2) is 42.6 Å². The SMILES string of the molecule is C1COCCN1.CN1CCN(c2ccc3[nH]c(-c4cnc5cccc(F)c5c4N)nc3c2)CC1. The zero-order valence-electron chi connectivity index (χ0n) is 19.4. The van der Waals surface area contributed by atoms with Crippen molar-refractivity contribution < 1.29 is 9.13 Å². The summed E-state index contributed by atoms with van der Waals surface area (Å²) in [5.41, 5.74) is 10.7. The molecule has 2 aliphatic heterocycles. The molecule has 0 aliphatic carbocycles. The van der Waals surface area contributed by atoms with Crippen LogP contribution in [0.3, 0.4) is 0 Å². The molecular weight excluding hydrogens is 433 g/mol. The lowest BCUT2D eigenvalue weighted by molar-refractivity contribution is 0.109. The van der Waals surface area contributed by atoms with Crippen LogP contribution in [-0.2, 0) is 4.74 Å². The molecule has 2 aromatic carbocycles. The Kier molecular flexibility index (Phi) is 6.57. The van der Waals surface area contributed by atoms with Gasteiger partial charge in [-0.15, -0.1) is 0 Å². The first-order chi connectivity index (χ1) is 16.6. The third kappa shape index (κ3) is 4.68. The number of hydrogen-bond donors (Lipinski definition) is 3. The summed E-state index contributed by atoms with van der Waals surface area (Å²) in [6.45, 7) is 7.93. The van der Waals surface area contributed by atoms with Crippen molar-refractivity contribution in [2.45, 2.75) is 0 Å². The Labute approximate surface area is 197 Å². The van der Waals surface area contributed by atoms with Crippen molar-refractivity contribution in [1.82, 2.24) is 25.2 Å². The number of benzene rings is 2. The van der Waals surface area contributed by atoms with E-state index in [1.165, 1.54) is 6.07 Å². The van der Waals surface area contributed by atoms with Crippen LogP contribution in [0.25, 0.3) is 33.3 Å². The first kappa shape index (κ1) is 22.5. The Morgan fingerprint density at radius 1 is 1.03 bits per heavy atom. The quantitative estimate of drug-likeness (QED) is 0.421. The molecule has 6 rings (SSSR count). The molecule has 2 aromatic heterocycles. The number of nitrogens with two attached hydrogens (primary N) is 1. The number of aromatic nitrogens is 3. The van der Waals surface area contributed by atoms with Gasteiger partial charge in [0.15, 0.2) is 0 Å². The highest BCUT2D eigenvalue weighted by Crippen LogP contribution is 2.33. The number of fused-ring (bicyclic) bond motifs is 2. The fourth-order valence-electron chi connectivity index (χ4n) is 4.31. The number of piperazine rings is 1. The number of nitrogen functional groups attached to an aromatic ring is 1. The van der Waals surface area contributed by atoms with E-state index in [-0.39, 0.29) is 5.82 Å². The molecule has 178 valence electrons. The normalized spacial score (nSPS) is 17.1. The van der Waals surface area contributed by atoms with Gasteiger partial charge in [-0.05, 0) is 37.4 Å². The molecule has 0 atom stereocenters. The summed E-state index contributed by atoms with van der Waals surface area (Å²) in [5.74, 6) is 0.221. The number of nitrogens with one attached hydrogen (secondary N) is 2. The van der Waals surface area contributed by atoms with E-state index in [0.717, 1.165) is 69.2 Å². The van der Waals surface area contributed by atoms with Gasteiger partial charge >= 0.3 is 0 Å². The number of likely N-dealkylation sites (N-methyl/N-ethyl adjacent to an activating group) is 1. The molecule has 34 heavy (non-hydrogen) atoms. The van der Waals surface area contributed by atoms with Crippen LogP contribution in [-0.4, -0.2) is 79.4 Å². The fraction of sp³-hybridized carbons (Fsp3) is 0.360. The van der Waals surface area contributed by atoms with Crippen LogP contribution < -0.4 is 16.0 Å². The minimum Gasteiger partial charge on any atom is -0.397 e. The van der Waals surface area contributed by atoms with E-state index in [1.54, 1.807) is 18.3 Å². The average Bonchev–Trinajstić information content (AvgIpc) is 3.29. The van der Waals surface area contributed by atoms with Crippen LogP contribution >= 0.6 is 0 Å². The van der Waals surface area contributed by atoms with Crippen molar-refractivity contribution in [2.75, 3.05) is 70.2 Å². The standard InChI is InChI=1S/C21H21FN6.C4H9NO/c1-27-7-9-28(10-8-27)13-5-6-16-18(11-13)26-21(25-16)14-12-24-17-4-2-3-15(22)19(17)20(14)23;1-3-6-4-2-5-1/h2-6,11-12H,7-10H2,1H3,(H2,23,24)(H,25,26);5H,1-4H2. The van der Waals surface area contributed by atoms with Crippen molar-refractivity contribution in [1.29, 1.82) is 0 Å². The zero-order chi connectivity index (χ0) is 23.5. The summed E-state index contributed by atoms with van der Waals surface area (Å²) in [6, 6.07) is 11.0. The summed E-state index contributed by atoms with van der Waals surface area (Å²) >= 11 is 0. The number of H-pyrrole nitrogens is 1. The Balaban J connectivity index is 0.000000351. The average molecular weight is 464 g/mol. The molecule has 0 amide bonds. The molecule has 4 heterocycles. The highest BCUT2D eigenvalue weighted by Gasteiger charge is 2.17. The minimum atomic E-state index is -0.377. The van der Waals surface area contributed by atoms with Gasteiger partial charge in [0.2, 0.25) is 0 Å². The molecule has 0 radical (unpaired) electrons. The maximum atomic E-state index is 14.3. The predicted molar refractivity (Wildman–Crippen MR) is 135 cm³/mol. The summed E-state index contributed by atoms with van der Waals surface area (Å²) in [6.07, 6.45) is 1.65. The number of morpholine rings is 1. The molecule has 0 bridgehead atoms. The van der Waals surface area contributed by atoms with Gasteiger partial charge < -0.3 is 30.6 Å². The number of halogens is 1. The van der Waals surface area contributed by atoms with E-state index in [0.29, 0.717) is 28.0 Å². The number of rotatable bonds is 2. The summed E-state index contributed by atoms with van der Waals surface area (Å²) in [5, 5.41) is 3.49. The fourth-order valence-corrected chi connectivity index (χ4v) is 4.31. The Morgan fingerprint density at radius 3 is 2.53 bits per heavy atom. The van der Waals surface area contributed by atoms with Gasteiger partial charge in [0.05, 0.1) is 46.4 Å². The van der Waals surface area contributed by atoms with Gasteiger partial charge in [-0.3, -0.25) is 4.98 Å². The lowest BCUT2D eigenvalue weighted by Gasteiger charge is -2.34. The molecular formula is C25H30FN7O. The van der Waals surface area contributed by atoms with Crippen molar-refractivity contribution in [3.8, 4) is 11.4 Å². The smallest absolute Gasteiger partial charge is 0.142 e. The third-order valence-electron chi connectivity index (χ3n) is 6.32. The highest BCUT2D eigenvalue weighted by atomic mass is 19.1. The molecule has 0 unspecified atom stereocenters. The molecule has 2 saturated heterocycles. The van der Waals surface area contributed by atoms with Gasteiger partial charge in [-0.1, -0.05) is 6.07 Å². The van der Waals surface area contributed by atoms with Crippen molar-refractivity contribution in [3.05, 3.63) is 48.4 Å². The summed E-state index contributed by atoms with van der Waals surface area (Å²) < 4.78 is 19.3. The number of aromatic amines is 1. The van der Waals surface area contributed by atoms with Crippen LogP contribution in [0.4, 0.5) is 15.8 Å². The molecule has 0 spiro atoms. The highest BCUT2D eigenvalue weighted by molar-refractivity contribution is 5.98. The minimum absolute atomic E-state index is 0.332. The number of imidazole rings is 1. The lowest BCUT2D eigenvalue weighted by Crippen LogP contribution is -2.44. The van der Waals surface area contributed by atoms with Gasteiger partial charge in [0, 0.05) is 51.2 Å². The van der Waals surface area contributed by atoms with Crippen molar-refractivity contribution in [2.24, 2.45) is 0 Å². The third-order valence-corrected chi connectivity index (χ3v) is 6.32. The largest absolute Gasteiger partial charge is 0.397 e. The molecule has 2 aliphatic rings. The number of pyridine rings is 1. The monoisotopic (exact) mass is 463 g/mol. The number of anilines is 2. The second-order valence-corrected chi connectivity index (χ2v) is 8.66. The van der Waals surface area contributed by atoms with E-state index < -0.39 is 0 Å². The van der Waals surface area contributed by atoms with Crippen molar-refractivity contribution in [3.63, 3.8) is 0 Å². The molecule has 2 fully saturated rings. The predicted octanol–water partition coefficient (Wildman–Crippen LogP) is 2.86. The Hall–Kier alpha value is -3.27. The van der Waals surface area contributed by atoms with E-state index in [4.69, 9.17) is 15.5 Å². The zero-order valence-corrected chi connectivity index (χ0v) is 19.4. The van der Waals surface area contributed by atoms with Crippen LogP contribution in [0.5, 0.6) is 0 Å². The van der Waals surface area contributed by atoms with Crippen LogP contribution in [0.2, 0.25) is 0 Å². The van der Waals surface area contributed by atoms with Gasteiger partial charge in [0.1, 0.15) is 11.6 Å². The first-order valence-electron chi connectivity index (χ1n) is 11.6. The summed E-state index contributed by atoms with van der Waals surface area (Å²) in [7, 11) is 2.14. The van der Waals surface area contributed by atoms with E-state index in [1.807, 2.05) is 6.07 Å². The maximum Gasteiger partial charge on any atom is 0.142 e. The second-order valence-electron chi connectivity index (χ2n) is 8.66. The van der Waals surface area contributed by atoms with Gasteiger partial charge in [-0.2, -0.15) is 0 Å². The Morgan fingerprint density at radius 2 is 1.82 bits per heavy atom. The maximum absolute atomic E-state index is 14.3. The van der Waals surface area contributed by atoms with Crippen LogP contribution in [0, 0.1) is 5.82 Å². The summed E-state index contributed by atoms with van der Waals surface area (Å²) in [4.78, 5) is 17.1. The van der Waals surface area contributed by atoms with E-state index in [2.05, 4.69) is 44.3 Å². The topological polar surface area (TPSA) is 95.3 Å². The molecule has 4 N–H and O–H groups in total. The lowest BCUT2D eigenvalue weighted by atomic mass is 10.1. The molecule has 4 aromatic rings. The van der Waals surface area contributed by atoms with E-state index in [9.17, 15) is 4.39 Å². The molecule has 9 heteroatoms. The van der Waals surface area contributed by atoms with E-state index >= 15 is 0 Å². The number of ether oxygens (including phenoxy) is 1. The van der Waals surface area contributed by atoms with Crippen LogP contribution in [0.1, 0.15) is 0 Å². The molecule has 8 nitrogen and oxygen atoms in total. The van der Waals surface area contributed by atoms with Gasteiger partial charge in [0.25, 0.3) is 0 Å². The first-order valence-corrected chi connectivity index (χ1v) is 11.6.